The van der Waals surface area contributed by atoms with E-state index in [0.717, 1.165) is 45.5 Å². The van der Waals surface area contributed by atoms with Crippen LogP contribution in [0.3, 0.4) is 0 Å². The van der Waals surface area contributed by atoms with Crippen molar-refractivity contribution in [1.82, 2.24) is 4.57 Å². The molecule has 3 aromatic rings. The van der Waals surface area contributed by atoms with Gasteiger partial charge in [0.25, 0.3) is 0 Å². The van der Waals surface area contributed by atoms with Crippen molar-refractivity contribution in [2.75, 3.05) is 19.0 Å². The van der Waals surface area contributed by atoms with Gasteiger partial charge in [-0.15, -0.1) is 0 Å². The Morgan fingerprint density at radius 1 is 1.07 bits per heavy atom. The van der Waals surface area contributed by atoms with Crippen molar-refractivity contribution in [3.63, 3.8) is 0 Å². The number of fused-ring (bicyclic) bond motifs is 1. The Labute approximate surface area is 169 Å². The Bertz CT molecular complexity index is 924. The SMILES string of the molecule is CC.CCn1c(-c2ccc(OCCBr)cc2)c(C#N)c2ccc(OC)cc21. The molecule has 0 unspecified atom stereocenters. The summed E-state index contributed by atoms with van der Waals surface area (Å²) in [6.07, 6.45) is 0. The van der Waals surface area contributed by atoms with Crippen molar-refractivity contribution in [1.29, 1.82) is 5.26 Å². The summed E-state index contributed by atoms with van der Waals surface area (Å²) in [7, 11) is 1.65. The number of alkyl halides is 1. The number of halogens is 1. The summed E-state index contributed by atoms with van der Waals surface area (Å²) in [4.78, 5) is 0. The van der Waals surface area contributed by atoms with Crippen LogP contribution in [0.4, 0.5) is 0 Å². The van der Waals surface area contributed by atoms with E-state index >= 15 is 0 Å². The molecule has 0 spiro atoms. The zero-order chi connectivity index (χ0) is 19.8. The third-order valence-corrected chi connectivity index (χ3v) is 4.50. The molecule has 0 fully saturated rings. The highest BCUT2D eigenvalue weighted by atomic mass is 79.9. The minimum atomic E-state index is 0.623. The molecule has 0 aliphatic rings. The molecule has 27 heavy (non-hydrogen) atoms. The van der Waals surface area contributed by atoms with Crippen molar-refractivity contribution < 1.29 is 9.47 Å². The molecule has 1 aromatic heterocycles. The first-order valence-corrected chi connectivity index (χ1v) is 10.2. The maximum absolute atomic E-state index is 9.76. The monoisotopic (exact) mass is 428 g/mol. The van der Waals surface area contributed by atoms with Gasteiger partial charge in [-0.25, -0.2) is 0 Å². The summed E-state index contributed by atoms with van der Waals surface area (Å²) in [6.45, 7) is 7.47. The second-order valence-corrected chi connectivity index (χ2v) is 6.32. The molecule has 0 saturated carbocycles. The fourth-order valence-corrected chi connectivity index (χ4v) is 3.23. The Balaban J connectivity index is 0.00000126. The minimum absolute atomic E-state index is 0.623. The lowest BCUT2D eigenvalue weighted by Crippen LogP contribution is -1.99. The molecule has 0 bridgehead atoms. The summed E-state index contributed by atoms with van der Waals surface area (Å²) in [6, 6.07) is 16.1. The second-order valence-electron chi connectivity index (χ2n) is 5.52. The number of hydrogen-bond donors (Lipinski definition) is 0. The van der Waals surface area contributed by atoms with Gasteiger partial charge in [-0.2, -0.15) is 5.26 Å². The Morgan fingerprint density at radius 2 is 1.74 bits per heavy atom. The third kappa shape index (κ3) is 4.28. The van der Waals surface area contributed by atoms with E-state index in [-0.39, 0.29) is 0 Å². The fraction of sp³-hybridized carbons (Fsp3) is 0.318. The standard InChI is InChI=1S/C20H19BrN2O2.C2H6/c1-3-23-19-12-16(24-2)8-9-17(19)18(13-22)20(23)14-4-6-15(7-5-14)25-11-10-21;1-2/h4-9,12H,3,10-11H2,1-2H3;1-2H3. The fourth-order valence-electron chi connectivity index (χ4n) is 3.06. The van der Waals surface area contributed by atoms with Crippen LogP contribution in [-0.4, -0.2) is 23.6 Å². The number of ether oxygens (including phenoxy) is 2. The minimum Gasteiger partial charge on any atom is -0.497 e. The quantitative estimate of drug-likeness (QED) is 0.451. The second kappa shape index (κ2) is 10.0. The molecule has 0 radical (unpaired) electrons. The number of benzene rings is 2. The summed E-state index contributed by atoms with van der Waals surface area (Å²) < 4.78 is 13.1. The van der Waals surface area contributed by atoms with Crippen molar-refractivity contribution in [2.24, 2.45) is 0 Å². The topological polar surface area (TPSA) is 47.2 Å². The smallest absolute Gasteiger partial charge is 0.120 e. The van der Waals surface area contributed by atoms with Crippen LogP contribution >= 0.6 is 15.9 Å². The van der Waals surface area contributed by atoms with E-state index in [0.29, 0.717) is 12.2 Å². The summed E-state index contributed by atoms with van der Waals surface area (Å²) in [5.74, 6) is 1.61. The van der Waals surface area contributed by atoms with Gasteiger partial charge in [0.05, 0.1) is 30.5 Å². The van der Waals surface area contributed by atoms with Gasteiger partial charge in [-0.3, -0.25) is 0 Å². The number of methoxy groups -OCH3 is 1. The number of nitrogens with zero attached hydrogens (tertiary/aromatic N) is 2. The van der Waals surface area contributed by atoms with Crippen LogP contribution in [0, 0.1) is 11.3 Å². The zero-order valence-electron chi connectivity index (χ0n) is 16.3. The van der Waals surface area contributed by atoms with Gasteiger partial charge in [-0.1, -0.05) is 29.8 Å². The number of hydrogen-bond acceptors (Lipinski definition) is 3. The highest BCUT2D eigenvalue weighted by Gasteiger charge is 2.18. The predicted octanol–water partition coefficient (Wildman–Crippen LogP) is 6.01. The summed E-state index contributed by atoms with van der Waals surface area (Å²) >= 11 is 3.35. The Kier molecular flexibility index (Phi) is 7.75. The van der Waals surface area contributed by atoms with E-state index in [4.69, 9.17) is 9.47 Å². The van der Waals surface area contributed by atoms with Crippen molar-refractivity contribution in [3.8, 4) is 28.8 Å². The number of aryl methyl sites for hydroxylation is 1. The molecule has 2 aromatic carbocycles. The van der Waals surface area contributed by atoms with Crippen molar-refractivity contribution in [2.45, 2.75) is 27.3 Å². The highest BCUT2D eigenvalue weighted by Crippen LogP contribution is 2.35. The summed E-state index contributed by atoms with van der Waals surface area (Å²) in [5.41, 5.74) is 3.63. The van der Waals surface area contributed by atoms with Crippen LogP contribution in [-0.2, 0) is 6.54 Å². The lowest BCUT2D eigenvalue weighted by molar-refractivity contribution is 0.345. The van der Waals surface area contributed by atoms with Crippen molar-refractivity contribution >= 4 is 26.8 Å². The molecule has 5 heteroatoms. The highest BCUT2D eigenvalue weighted by molar-refractivity contribution is 9.09. The van der Waals surface area contributed by atoms with E-state index in [9.17, 15) is 5.26 Å². The van der Waals surface area contributed by atoms with Gasteiger partial charge in [0.1, 0.15) is 17.6 Å². The molecule has 0 N–H and O–H groups in total. The van der Waals surface area contributed by atoms with E-state index in [1.54, 1.807) is 7.11 Å². The van der Waals surface area contributed by atoms with Crippen molar-refractivity contribution in [3.05, 3.63) is 48.0 Å². The molecule has 0 atom stereocenters. The van der Waals surface area contributed by atoms with Crippen LogP contribution < -0.4 is 9.47 Å². The predicted molar refractivity (Wildman–Crippen MR) is 115 cm³/mol. The first kappa shape index (κ1) is 20.9. The van der Waals surface area contributed by atoms with Gasteiger partial charge in [-0.05, 0) is 48.9 Å². The van der Waals surface area contributed by atoms with E-state index in [1.165, 1.54) is 0 Å². The van der Waals surface area contributed by atoms with Gasteiger partial charge in [0.15, 0.2) is 0 Å². The first-order valence-electron chi connectivity index (χ1n) is 9.13. The lowest BCUT2D eigenvalue weighted by atomic mass is 10.1. The Morgan fingerprint density at radius 3 is 2.30 bits per heavy atom. The first-order chi connectivity index (χ1) is 13.2. The molecular formula is C22H25BrN2O2. The molecule has 3 rings (SSSR count). The number of rotatable bonds is 6. The lowest BCUT2D eigenvalue weighted by Gasteiger charge is -2.10. The molecule has 0 amide bonds. The molecule has 4 nitrogen and oxygen atoms in total. The summed E-state index contributed by atoms with van der Waals surface area (Å²) in [5, 5.41) is 11.5. The molecule has 0 saturated heterocycles. The van der Waals surface area contributed by atoms with Crippen LogP contribution in [0.15, 0.2) is 42.5 Å². The molecule has 0 aliphatic heterocycles. The van der Waals surface area contributed by atoms with Crippen LogP contribution in [0.1, 0.15) is 26.3 Å². The molecule has 142 valence electrons. The third-order valence-electron chi connectivity index (χ3n) is 4.17. The van der Waals surface area contributed by atoms with Crippen LogP contribution in [0.2, 0.25) is 0 Å². The molecular weight excluding hydrogens is 404 g/mol. The van der Waals surface area contributed by atoms with E-state index < -0.39 is 0 Å². The largest absolute Gasteiger partial charge is 0.497 e. The van der Waals surface area contributed by atoms with E-state index in [2.05, 4.69) is 33.5 Å². The van der Waals surface area contributed by atoms with Gasteiger partial charge in [0.2, 0.25) is 0 Å². The van der Waals surface area contributed by atoms with Gasteiger partial charge in [0, 0.05) is 23.3 Å². The average molecular weight is 429 g/mol. The average Bonchev–Trinajstić information content (AvgIpc) is 3.06. The number of nitriles is 1. The van der Waals surface area contributed by atoms with Crippen LogP contribution in [0.5, 0.6) is 11.5 Å². The van der Waals surface area contributed by atoms with Gasteiger partial charge >= 0.3 is 0 Å². The normalized spacial score (nSPS) is 10.1. The molecule has 1 heterocycles. The maximum Gasteiger partial charge on any atom is 0.120 e. The zero-order valence-corrected chi connectivity index (χ0v) is 17.8. The van der Waals surface area contributed by atoms with Crippen LogP contribution in [0.25, 0.3) is 22.2 Å². The van der Waals surface area contributed by atoms with E-state index in [1.807, 2.05) is 56.3 Å². The van der Waals surface area contributed by atoms with Gasteiger partial charge < -0.3 is 14.0 Å². The maximum atomic E-state index is 9.76. The molecule has 0 aliphatic carbocycles. The number of aromatic nitrogens is 1. The Hall–Kier alpha value is -2.45.